The van der Waals surface area contributed by atoms with E-state index in [-0.39, 0.29) is 11.9 Å². The van der Waals surface area contributed by atoms with Crippen LogP contribution in [0.25, 0.3) is 0 Å². The lowest BCUT2D eigenvalue weighted by atomic mass is 10.2. The number of pyridine rings is 1. The highest BCUT2D eigenvalue weighted by atomic mass is 35.5. The fraction of sp³-hybridized carbons (Fsp3) is 0.500. The van der Waals surface area contributed by atoms with Gasteiger partial charge in [-0.15, -0.1) is 0 Å². The van der Waals surface area contributed by atoms with Gasteiger partial charge in [0.15, 0.2) is 0 Å². The molecule has 0 aliphatic heterocycles. The van der Waals surface area contributed by atoms with E-state index < -0.39 is 0 Å². The van der Waals surface area contributed by atoms with E-state index in [2.05, 4.69) is 10.3 Å². The average Bonchev–Trinajstić information content (AvgIpc) is 2.38. The Bertz CT molecular complexity index is 426. The Morgan fingerprint density at radius 3 is 2.89 bits per heavy atom. The molecular formula is C12H18ClN3O2. The molecule has 0 aromatic carbocycles. The minimum Gasteiger partial charge on any atom is -0.383 e. The second kappa shape index (κ2) is 6.56. The Kier molecular flexibility index (Phi) is 5.37. The van der Waals surface area contributed by atoms with Crippen LogP contribution in [0.4, 0.5) is 5.82 Å². The standard InChI is InChI=1S/C12H18ClN3O2/c1-8(7-18-4)16(3)12(17)9-5-11(14-2)15-6-10(9)13/h5-6,8H,7H2,1-4H3,(H,14,15). The second-order valence-electron chi connectivity index (χ2n) is 4.02. The molecule has 1 aromatic rings. The lowest BCUT2D eigenvalue weighted by Gasteiger charge is -2.24. The molecule has 18 heavy (non-hydrogen) atoms. The fourth-order valence-electron chi connectivity index (χ4n) is 1.48. The number of halogens is 1. The molecule has 0 saturated carbocycles. The molecule has 0 spiro atoms. The largest absolute Gasteiger partial charge is 0.383 e. The van der Waals surface area contributed by atoms with Crippen molar-refractivity contribution in [2.75, 3.05) is 33.1 Å². The molecule has 1 amide bonds. The molecule has 1 heterocycles. The number of likely N-dealkylation sites (N-methyl/N-ethyl adjacent to an activating group) is 1. The van der Waals surface area contributed by atoms with Gasteiger partial charge in [-0.25, -0.2) is 4.98 Å². The minimum atomic E-state index is -0.150. The summed E-state index contributed by atoms with van der Waals surface area (Å²) in [5.74, 6) is 0.457. The predicted molar refractivity (Wildman–Crippen MR) is 72.2 cm³/mol. The number of nitrogens with one attached hydrogen (secondary N) is 1. The third kappa shape index (κ3) is 3.34. The monoisotopic (exact) mass is 271 g/mol. The summed E-state index contributed by atoms with van der Waals surface area (Å²) in [6.45, 7) is 2.39. The van der Waals surface area contributed by atoms with Gasteiger partial charge in [-0.3, -0.25) is 4.79 Å². The van der Waals surface area contributed by atoms with Crippen molar-refractivity contribution in [3.63, 3.8) is 0 Å². The maximum absolute atomic E-state index is 12.3. The van der Waals surface area contributed by atoms with E-state index in [1.165, 1.54) is 6.20 Å². The predicted octanol–water partition coefficient (Wildman–Crippen LogP) is 1.88. The van der Waals surface area contributed by atoms with Crippen molar-refractivity contribution in [2.45, 2.75) is 13.0 Å². The van der Waals surface area contributed by atoms with Gasteiger partial charge in [-0.1, -0.05) is 11.6 Å². The third-order valence-electron chi connectivity index (χ3n) is 2.73. The minimum absolute atomic E-state index is 0.0234. The van der Waals surface area contributed by atoms with Gasteiger partial charge in [0, 0.05) is 27.4 Å². The first kappa shape index (κ1) is 14.7. The molecule has 0 aliphatic rings. The van der Waals surface area contributed by atoms with Crippen molar-refractivity contribution in [3.8, 4) is 0 Å². The van der Waals surface area contributed by atoms with Gasteiger partial charge in [0.05, 0.1) is 23.2 Å². The number of hydrogen-bond acceptors (Lipinski definition) is 4. The molecule has 1 N–H and O–H groups in total. The number of rotatable bonds is 5. The number of methoxy groups -OCH3 is 1. The number of carbonyl (C=O) groups is 1. The van der Waals surface area contributed by atoms with Crippen LogP contribution in [0, 0.1) is 0 Å². The number of aromatic nitrogens is 1. The van der Waals surface area contributed by atoms with Crippen molar-refractivity contribution in [3.05, 3.63) is 22.8 Å². The van der Waals surface area contributed by atoms with Gasteiger partial charge in [0.1, 0.15) is 5.82 Å². The Morgan fingerprint density at radius 2 is 2.33 bits per heavy atom. The van der Waals surface area contributed by atoms with Crippen LogP contribution in [-0.2, 0) is 4.74 Å². The van der Waals surface area contributed by atoms with E-state index in [9.17, 15) is 4.79 Å². The number of amides is 1. The van der Waals surface area contributed by atoms with Crippen LogP contribution in [0.2, 0.25) is 5.02 Å². The van der Waals surface area contributed by atoms with Crippen molar-refractivity contribution in [2.24, 2.45) is 0 Å². The zero-order chi connectivity index (χ0) is 13.7. The molecule has 6 heteroatoms. The molecule has 1 rings (SSSR count). The zero-order valence-corrected chi connectivity index (χ0v) is 11.8. The first-order chi connectivity index (χ1) is 8.51. The number of carbonyl (C=O) groups excluding carboxylic acids is 1. The van der Waals surface area contributed by atoms with E-state index in [1.54, 1.807) is 32.2 Å². The average molecular weight is 272 g/mol. The van der Waals surface area contributed by atoms with Crippen LogP contribution in [0.5, 0.6) is 0 Å². The van der Waals surface area contributed by atoms with E-state index in [1.807, 2.05) is 6.92 Å². The molecule has 5 nitrogen and oxygen atoms in total. The van der Waals surface area contributed by atoms with E-state index in [4.69, 9.17) is 16.3 Å². The van der Waals surface area contributed by atoms with E-state index in [0.717, 1.165) is 0 Å². The molecule has 0 radical (unpaired) electrons. The van der Waals surface area contributed by atoms with Crippen LogP contribution < -0.4 is 5.32 Å². The summed E-state index contributed by atoms with van der Waals surface area (Å²) in [5, 5.41) is 3.22. The first-order valence-corrected chi connectivity index (χ1v) is 5.98. The molecule has 1 atom stereocenters. The summed E-state index contributed by atoms with van der Waals surface area (Å²) in [4.78, 5) is 17.9. The maximum atomic E-state index is 12.3. The van der Waals surface area contributed by atoms with Gasteiger partial charge in [-0.05, 0) is 13.0 Å². The topological polar surface area (TPSA) is 54.5 Å². The van der Waals surface area contributed by atoms with Crippen LogP contribution in [0.15, 0.2) is 12.3 Å². The quantitative estimate of drug-likeness (QED) is 0.888. The third-order valence-corrected chi connectivity index (χ3v) is 3.03. The highest BCUT2D eigenvalue weighted by molar-refractivity contribution is 6.33. The number of hydrogen-bond donors (Lipinski definition) is 1. The Labute approximate surface area is 112 Å². The molecule has 1 aromatic heterocycles. The highest BCUT2D eigenvalue weighted by Gasteiger charge is 2.20. The lowest BCUT2D eigenvalue weighted by Crippen LogP contribution is -2.38. The van der Waals surface area contributed by atoms with Gasteiger partial charge < -0.3 is 15.0 Å². The van der Waals surface area contributed by atoms with Crippen LogP contribution in [0.3, 0.4) is 0 Å². The molecule has 0 saturated heterocycles. The summed E-state index contributed by atoms with van der Waals surface area (Å²) in [6, 6.07) is 1.62. The SMILES string of the molecule is CNc1cc(C(=O)N(C)C(C)COC)c(Cl)cn1. The molecular weight excluding hydrogens is 254 g/mol. The molecule has 0 bridgehead atoms. The smallest absolute Gasteiger partial charge is 0.255 e. The van der Waals surface area contributed by atoms with Gasteiger partial charge >= 0.3 is 0 Å². The normalized spacial score (nSPS) is 12.1. The van der Waals surface area contributed by atoms with E-state index in [0.29, 0.717) is 23.0 Å². The van der Waals surface area contributed by atoms with E-state index >= 15 is 0 Å². The number of anilines is 1. The van der Waals surface area contributed by atoms with Crippen molar-refractivity contribution in [1.82, 2.24) is 9.88 Å². The molecule has 1 unspecified atom stereocenters. The van der Waals surface area contributed by atoms with Crippen molar-refractivity contribution in [1.29, 1.82) is 0 Å². The van der Waals surface area contributed by atoms with Crippen LogP contribution in [0.1, 0.15) is 17.3 Å². The Hall–Kier alpha value is -1.33. The summed E-state index contributed by atoms with van der Waals surface area (Å²) in [6.07, 6.45) is 1.47. The van der Waals surface area contributed by atoms with Crippen molar-refractivity contribution >= 4 is 23.3 Å². The van der Waals surface area contributed by atoms with Gasteiger partial charge in [0.25, 0.3) is 5.91 Å². The van der Waals surface area contributed by atoms with Crippen LogP contribution in [-0.4, -0.2) is 49.6 Å². The maximum Gasteiger partial charge on any atom is 0.255 e. The zero-order valence-electron chi connectivity index (χ0n) is 11.0. The Morgan fingerprint density at radius 1 is 1.67 bits per heavy atom. The highest BCUT2D eigenvalue weighted by Crippen LogP contribution is 2.20. The summed E-state index contributed by atoms with van der Waals surface area (Å²) in [7, 11) is 5.07. The first-order valence-electron chi connectivity index (χ1n) is 5.60. The summed E-state index contributed by atoms with van der Waals surface area (Å²) >= 11 is 6.00. The number of ether oxygens (including phenoxy) is 1. The summed E-state index contributed by atoms with van der Waals surface area (Å²) < 4.78 is 5.03. The Balaban J connectivity index is 2.95. The number of nitrogens with zero attached hydrogens (tertiary/aromatic N) is 2. The molecule has 0 aliphatic carbocycles. The second-order valence-corrected chi connectivity index (χ2v) is 4.43. The van der Waals surface area contributed by atoms with Crippen LogP contribution >= 0.6 is 11.6 Å². The molecule has 0 fully saturated rings. The molecule has 100 valence electrons. The van der Waals surface area contributed by atoms with Gasteiger partial charge in [-0.2, -0.15) is 0 Å². The lowest BCUT2D eigenvalue weighted by molar-refractivity contribution is 0.0633. The van der Waals surface area contributed by atoms with Crippen molar-refractivity contribution < 1.29 is 9.53 Å². The fourth-order valence-corrected chi connectivity index (χ4v) is 1.67. The van der Waals surface area contributed by atoms with Gasteiger partial charge in [0.2, 0.25) is 0 Å². The summed E-state index contributed by atoms with van der Waals surface area (Å²) in [5.41, 5.74) is 0.432.